The molecule has 0 bridgehead atoms. The molecule has 0 saturated heterocycles. The molecule has 41 heavy (non-hydrogen) atoms. The summed E-state index contributed by atoms with van der Waals surface area (Å²) in [7, 11) is -4.60. The monoisotopic (exact) mass is 597 g/mol. The van der Waals surface area contributed by atoms with Gasteiger partial charge in [0.1, 0.15) is 0 Å². The average Bonchev–Trinajstić information content (AvgIpc) is 3.41. The highest BCUT2D eigenvalue weighted by Crippen LogP contribution is 2.40. The molecule has 8 heteroatoms. The second-order valence-corrected chi connectivity index (χ2v) is 18.6. The number of hydrogen-bond donors (Lipinski definition) is 1. The van der Waals surface area contributed by atoms with Gasteiger partial charge in [0, 0.05) is 19.0 Å². The number of nitrogens with zero attached hydrogens (tertiary/aromatic N) is 1. The van der Waals surface area contributed by atoms with E-state index in [2.05, 4.69) is 53.3 Å². The first-order valence-electron chi connectivity index (χ1n) is 14.7. The molecule has 1 heterocycles. The van der Waals surface area contributed by atoms with Gasteiger partial charge in [-0.2, -0.15) is 4.31 Å². The van der Waals surface area contributed by atoms with E-state index >= 15 is 0 Å². The summed E-state index contributed by atoms with van der Waals surface area (Å²) in [6, 6.07) is 11.8. The van der Waals surface area contributed by atoms with Crippen molar-refractivity contribution < 1.29 is 23.1 Å². The molecule has 224 valence electrons. The van der Waals surface area contributed by atoms with Crippen molar-refractivity contribution in [3.05, 3.63) is 82.0 Å². The number of methoxy groups -OCH3 is 1. The molecule has 1 atom stereocenters. The molecule has 1 aliphatic heterocycles. The Labute approximate surface area is 248 Å². The van der Waals surface area contributed by atoms with Gasteiger partial charge < -0.3 is 9.84 Å². The van der Waals surface area contributed by atoms with Crippen LogP contribution in [0.4, 0.5) is 0 Å². The van der Waals surface area contributed by atoms with E-state index in [1.807, 2.05) is 6.92 Å². The lowest BCUT2D eigenvalue weighted by Crippen LogP contribution is -2.49. The van der Waals surface area contributed by atoms with Crippen LogP contribution in [0.15, 0.2) is 59.0 Å². The molecule has 0 aromatic heterocycles. The third-order valence-corrected chi connectivity index (χ3v) is 16.4. The molecule has 0 radical (unpaired) electrons. The van der Waals surface area contributed by atoms with E-state index in [-0.39, 0.29) is 30.5 Å². The van der Waals surface area contributed by atoms with Gasteiger partial charge in [0.05, 0.1) is 32.2 Å². The maximum absolute atomic E-state index is 13.9. The van der Waals surface area contributed by atoms with Gasteiger partial charge in [0.15, 0.2) is 0 Å². The fourth-order valence-electron chi connectivity index (χ4n) is 6.16. The molecule has 0 amide bonds. The highest BCUT2D eigenvalue weighted by molar-refractivity contribution is 7.89. The van der Waals surface area contributed by atoms with Gasteiger partial charge in [-0.1, -0.05) is 86.5 Å². The van der Waals surface area contributed by atoms with Crippen LogP contribution in [-0.2, 0) is 27.8 Å². The minimum absolute atomic E-state index is 0.0842. The summed E-state index contributed by atoms with van der Waals surface area (Å²) >= 11 is 0. The first kappa shape index (κ1) is 33.0. The molecule has 0 saturated carbocycles. The molecule has 1 N–H and O–H groups in total. The number of rotatable bonds is 13. The molecule has 0 aliphatic carbocycles. The quantitative estimate of drug-likeness (QED) is 0.160. The number of allylic oxidation sites excluding steroid dienone is 2. The summed E-state index contributed by atoms with van der Waals surface area (Å²) in [6.45, 7) is 17.0. The van der Waals surface area contributed by atoms with Crippen LogP contribution < -0.4 is 5.19 Å². The van der Waals surface area contributed by atoms with E-state index in [4.69, 9.17) is 4.74 Å². The smallest absolute Gasteiger partial charge is 0.338 e. The lowest BCUT2D eigenvalue weighted by atomic mass is 9.84. The number of carbonyl (C=O) groups is 1. The first-order chi connectivity index (χ1) is 19.4. The highest BCUT2D eigenvalue weighted by Gasteiger charge is 2.42. The lowest BCUT2D eigenvalue weighted by molar-refractivity contribution is 0.0600. The number of fused-ring (bicyclic) bond motifs is 1. The Morgan fingerprint density at radius 2 is 1.68 bits per heavy atom. The van der Waals surface area contributed by atoms with E-state index < -0.39 is 24.1 Å². The number of ether oxygens (including phenoxy) is 1. The molecule has 0 spiro atoms. The number of carbonyl (C=O) groups excluding carboxylic acids is 1. The van der Waals surface area contributed by atoms with Crippen molar-refractivity contribution in [2.24, 2.45) is 0 Å². The van der Waals surface area contributed by atoms with E-state index in [9.17, 15) is 18.3 Å². The maximum Gasteiger partial charge on any atom is 0.338 e. The summed E-state index contributed by atoms with van der Waals surface area (Å²) in [4.78, 5) is 13.7. The number of esters is 1. The third-order valence-electron chi connectivity index (χ3n) is 8.97. The highest BCUT2D eigenvalue weighted by atomic mass is 32.2. The summed E-state index contributed by atoms with van der Waals surface area (Å²) in [5, 5.41) is 11.7. The van der Waals surface area contributed by atoms with Gasteiger partial charge in [-0.05, 0) is 67.6 Å². The number of aliphatic hydroxyl groups is 1. The molecular formula is C33H47NO5SSi. The molecule has 2 aromatic rings. The lowest BCUT2D eigenvalue weighted by Gasteiger charge is -2.33. The Morgan fingerprint density at radius 3 is 2.20 bits per heavy atom. The van der Waals surface area contributed by atoms with Crippen molar-refractivity contribution in [3.63, 3.8) is 0 Å². The summed E-state index contributed by atoms with van der Waals surface area (Å²) in [6.07, 6.45) is 3.69. The number of aliphatic hydroxyl groups excluding tert-OH is 1. The predicted molar refractivity (Wildman–Crippen MR) is 170 cm³/mol. The van der Waals surface area contributed by atoms with Gasteiger partial charge in [0.25, 0.3) is 0 Å². The maximum atomic E-state index is 13.9. The third kappa shape index (κ3) is 6.61. The SMILES string of the molecule is C=C(CCC=C(C)C)C(CO)c1cc([Si](CC)(CC)CC)c(C(=O)OC)c2c1CN(S(=O)(=O)c1ccc(C)cc1)C2. The topological polar surface area (TPSA) is 83.9 Å². The molecule has 2 aromatic carbocycles. The zero-order valence-corrected chi connectivity index (χ0v) is 27.7. The van der Waals surface area contributed by atoms with Crippen LogP contribution in [0, 0.1) is 6.92 Å². The van der Waals surface area contributed by atoms with E-state index in [1.54, 1.807) is 24.3 Å². The van der Waals surface area contributed by atoms with Crippen LogP contribution in [-0.4, -0.2) is 45.6 Å². The molecule has 3 rings (SSSR count). The molecule has 6 nitrogen and oxygen atoms in total. The molecule has 1 aliphatic rings. The summed E-state index contributed by atoms with van der Waals surface area (Å²) in [5.41, 5.74) is 6.02. The molecule has 1 unspecified atom stereocenters. The van der Waals surface area contributed by atoms with Crippen LogP contribution in [0.3, 0.4) is 0 Å². The van der Waals surface area contributed by atoms with Crippen molar-refractivity contribution in [2.45, 2.75) is 96.4 Å². The Bertz CT molecular complexity index is 1400. The molecule has 0 fully saturated rings. The number of hydrogen-bond acceptors (Lipinski definition) is 5. The summed E-state index contributed by atoms with van der Waals surface area (Å²) in [5.74, 6) is -0.786. The van der Waals surface area contributed by atoms with Crippen LogP contribution in [0.1, 0.15) is 86.0 Å². The van der Waals surface area contributed by atoms with E-state index in [0.717, 1.165) is 52.0 Å². The second-order valence-electron chi connectivity index (χ2n) is 11.5. The Hall–Kier alpha value is -2.52. The fourth-order valence-corrected chi connectivity index (χ4v) is 11.4. The largest absolute Gasteiger partial charge is 0.465 e. The van der Waals surface area contributed by atoms with E-state index in [0.29, 0.717) is 17.5 Å². The minimum Gasteiger partial charge on any atom is -0.465 e. The average molecular weight is 598 g/mol. The zero-order valence-electron chi connectivity index (χ0n) is 25.8. The minimum atomic E-state index is -3.83. The number of aryl methyl sites for hydroxylation is 1. The Morgan fingerprint density at radius 1 is 1.10 bits per heavy atom. The van der Waals surface area contributed by atoms with Crippen molar-refractivity contribution in [1.29, 1.82) is 0 Å². The van der Waals surface area contributed by atoms with Crippen molar-refractivity contribution >= 4 is 29.3 Å². The van der Waals surface area contributed by atoms with Gasteiger partial charge in [-0.3, -0.25) is 0 Å². The zero-order chi connectivity index (χ0) is 30.5. The van der Waals surface area contributed by atoms with E-state index in [1.165, 1.54) is 17.0 Å². The Balaban J connectivity index is 2.29. The predicted octanol–water partition coefficient (Wildman–Crippen LogP) is 6.58. The van der Waals surface area contributed by atoms with Crippen LogP contribution in [0.5, 0.6) is 0 Å². The Kier molecular flexibility index (Phi) is 11.0. The first-order valence-corrected chi connectivity index (χ1v) is 18.7. The van der Waals surface area contributed by atoms with Gasteiger partial charge in [0.2, 0.25) is 10.0 Å². The summed E-state index contributed by atoms with van der Waals surface area (Å²) < 4.78 is 34.5. The normalized spacial score (nSPS) is 14.4. The van der Waals surface area contributed by atoms with Gasteiger partial charge in [-0.25, -0.2) is 13.2 Å². The number of benzene rings is 2. The standard InChI is InChI=1S/C33H47NO5SSi/c1-9-41(10-2,11-3)31-19-27(30(22-35)25(7)14-12-13-23(4)5)28-20-34(21-29(28)32(31)33(36)39-8)40(37,38)26-17-15-24(6)16-18-26/h13,15-19,30,35H,7,9-12,14,20-22H2,1-6,8H3. The van der Waals surface area contributed by atoms with Gasteiger partial charge >= 0.3 is 5.97 Å². The van der Waals surface area contributed by atoms with Crippen LogP contribution in [0.25, 0.3) is 0 Å². The van der Waals surface area contributed by atoms with Crippen molar-refractivity contribution in [2.75, 3.05) is 13.7 Å². The number of sulfonamides is 1. The fraction of sp³-hybridized carbons (Fsp3) is 0.485. The second kappa shape index (κ2) is 13.6. The van der Waals surface area contributed by atoms with Crippen LogP contribution in [0.2, 0.25) is 18.1 Å². The van der Waals surface area contributed by atoms with Crippen molar-refractivity contribution in [3.8, 4) is 0 Å². The van der Waals surface area contributed by atoms with Crippen molar-refractivity contribution in [1.82, 2.24) is 4.31 Å². The van der Waals surface area contributed by atoms with Crippen LogP contribution >= 0.6 is 0 Å². The van der Waals surface area contributed by atoms with Gasteiger partial charge in [-0.15, -0.1) is 0 Å². The molecular weight excluding hydrogens is 551 g/mol.